The number of carbonyl (C=O) groups excluding carboxylic acids is 1. The Morgan fingerprint density at radius 3 is 2.68 bits per heavy atom. The lowest BCUT2D eigenvalue weighted by atomic mass is 9.97. The van der Waals surface area contributed by atoms with Crippen molar-refractivity contribution in [3.8, 4) is 0 Å². The van der Waals surface area contributed by atoms with Crippen LogP contribution in [0, 0.1) is 0 Å². The molecule has 0 aliphatic heterocycles. The number of nitrogens with one attached hydrogen (secondary N) is 1. The molecule has 0 radical (unpaired) electrons. The molecule has 0 bridgehead atoms. The summed E-state index contributed by atoms with van der Waals surface area (Å²) >= 11 is 2.83. The summed E-state index contributed by atoms with van der Waals surface area (Å²) in [4.78, 5) is 16.0. The van der Waals surface area contributed by atoms with Crippen molar-refractivity contribution in [1.29, 1.82) is 0 Å². The van der Waals surface area contributed by atoms with E-state index in [9.17, 15) is 4.79 Å². The predicted octanol–water partition coefficient (Wildman–Crippen LogP) is 3.33. The minimum atomic E-state index is -0.242. The van der Waals surface area contributed by atoms with E-state index in [1.807, 2.05) is 18.2 Å². The topological polar surface area (TPSA) is 67.8 Å². The summed E-state index contributed by atoms with van der Waals surface area (Å²) in [6.07, 6.45) is 2.15. The van der Waals surface area contributed by atoms with Gasteiger partial charge >= 0.3 is 0 Å². The van der Waals surface area contributed by atoms with Crippen LogP contribution in [0.25, 0.3) is 0 Å². The van der Waals surface area contributed by atoms with Gasteiger partial charge in [-0.05, 0) is 18.4 Å². The van der Waals surface area contributed by atoms with Crippen LogP contribution in [0.15, 0.2) is 41.2 Å². The summed E-state index contributed by atoms with van der Waals surface area (Å²) in [6, 6.07) is 10.4. The highest BCUT2D eigenvalue weighted by Gasteiger charge is 2.48. The Hall–Kier alpha value is -2.12. The molecule has 0 unspecified atom stereocenters. The monoisotopic (exact) mass is 328 g/mol. The molecule has 0 spiro atoms. The maximum atomic E-state index is 12.0. The second kappa shape index (κ2) is 5.26. The van der Waals surface area contributed by atoms with E-state index >= 15 is 0 Å². The highest BCUT2D eigenvalue weighted by molar-refractivity contribution is 7.15. The van der Waals surface area contributed by atoms with Gasteiger partial charge in [0.2, 0.25) is 5.13 Å². The fraction of sp³-hybridized carbons (Fsp3) is 0.200. The normalized spacial score (nSPS) is 15.5. The number of benzene rings is 1. The molecular weight excluding hydrogens is 316 g/mol. The molecule has 1 fully saturated rings. The molecule has 0 saturated heterocycles. The molecule has 2 heterocycles. The molecule has 4 rings (SSSR count). The third-order valence-electron chi connectivity index (χ3n) is 3.80. The Balaban J connectivity index is 1.56. The predicted molar refractivity (Wildman–Crippen MR) is 86.4 cm³/mol. The minimum absolute atomic E-state index is 0.0114. The minimum Gasteiger partial charge on any atom is -0.295 e. The first-order valence-corrected chi connectivity index (χ1v) is 8.63. The van der Waals surface area contributed by atoms with Crippen molar-refractivity contribution < 1.29 is 4.79 Å². The first-order valence-electron chi connectivity index (χ1n) is 6.87. The molecule has 1 N–H and O–H groups in total. The van der Waals surface area contributed by atoms with Crippen molar-refractivity contribution in [2.45, 2.75) is 18.3 Å². The molecule has 22 heavy (non-hydrogen) atoms. The van der Waals surface area contributed by atoms with Gasteiger partial charge in [-0.2, -0.15) is 0 Å². The fourth-order valence-corrected chi connectivity index (χ4v) is 4.00. The van der Waals surface area contributed by atoms with Crippen LogP contribution in [0.2, 0.25) is 0 Å². The molecule has 1 saturated carbocycles. The van der Waals surface area contributed by atoms with Crippen LogP contribution in [0.1, 0.15) is 33.9 Å². The van der Waals surface area contributed by atoms with E-state index in [0.29, 0.717) is 10.8 Å². The van der Waals surface area contributed by atoms with E-state index in [2.05, 4.69) is 32.6 Å². The van der Waals surface area contributed by atoms with E-state index in [-0.39, 0.29) is 11.3 Å². The van der Waals surface area contributed by atoms with Crippen LogP contribution < -0.4 is 5.32 Å². The second-order valence-electron chi connectivity index (χ2n) is 5.19. The Kier molecular flexibility index (Phi) is 3.24. The van der Waals surface area contributed by atoms with Gasteiger partial charge in [0.05, 0.1) is 5.51 Å². The van der Waals surface area contributed by atoms with Crippen LogP contribution in [0.4, 0.5) is 5.13 Å². The summed E-state index contributed by atoms with van der Waals surface area (Å²) in [7, 11) is 0. The third-order valence-corrected chi connectivity index (χ3v) is 5.43. The van der Waals surface area contributed by atoms with Gasteiger partial charge in [0, 0.05) is 10.8 Å². The molecule has 7 heteroatoms. The highest BCUT2D eigenvalue weighted by atomic mass is 32.1. The molecule has 5 nitrogen and oxygen atoms in total. The first-order chi connectivity index (χ1) is 10.8. The zero-order valence-electron chi connectivity index (χ0n) is 11.5. The van der Waals surface area contributed by atoms with Gasteiger partial charge in [0.1, 0.15) is 10.7 Å². The van der Waals surface area contributed by atoms with E-state index in [1.54, 1.807) is 10.9 Å². The quantitative estimate of drug-likeness (QED) is 0.798. The van der Waals surface area contributed by atoms with Crippen LogP contribution in [-0.2, 0) is 5.41 Å². The van der Waals surface area contributed by atoms with Gasteiger partial charge < -0.3 is 0 Å². The number of carbonyl (C=O) groups is 1. The van der Waals surface area contributed by atoms with Crippen molar-refractivity contribution >= 4 is 33.7 Å². The van der Waals surface area contributed by atoms with Crippen molar-refractivity contribution in [3.05, 3.63) is 57.5 Å². The summed E-state index contributed by atoms with van der Waals surface area (Å²) in [5.41, 5.74) is 3.30. The molecular formula is C15H12N4OS2. The van der Waals surface area contributed by atoms with E-state index in [4.69, 9.17) is 0 Å². The van der Waals surface area contributed by atoms with Gasteiger partial charge in [0.25, 0.3) is 5.91 Å². The van der Waals surface area contributed by atoms with Crippen LogP contribution in [0.3, 0.4) is 0 Å². The Labute approximate surface area is 135 Å². The Morgan fingerprint density at radius 2 is 2.00 bits per heavy atom. The number of rotatable bonds is 4. The number of hydrogen-bond acceptors (Lipinski definition) is 6. The molecule has 1 aliphatic carbocycles. The largest absolute Gasteiger partial charge is 0.295 e. The SMILES string of the molecule is O=C(Nc1nnc(C2(c3ccccc3)CC2)s1)c1cscn1. The van der Waals surface area contributed by atoms with E-state index in [0.717, 1.165) is 17.8 Å². The number of hydrogen-bond donors (Lipinski definition) is 1. The standard InChI is InChI=1S/C15H12N4OS2/c20-12(11-8-21-9-16-11)17-14-19-18-13(22-14)15(6-7-15)10-4-2-1-3-5-10/h1-5,8-9H,6-7H2,(H,17,19,20). The maximum absolute atomic E-state index is 12.0. The third kappa shape index (κ3) is 2.32. The zero-order chi connectivity index (χ0) is 15.0. The smallest absolute Gasteiger partial charge is 0.276 e. The average Bonchev–Trinajstić information content (AvgIpc) is 2.98. The van der Waals surface area contributed by atoms with Gasteiger partial charge in [-0.3, -0.25) is 10.1 Å². The molecule has 1 aromatic carbocycles. The molecule has 2 aromatic heterocycles. The average molecular weight is 328 g/mol. The summed E-state index contributed by atoms with van der Waals surface area (Å²) in [6.45, 7) is 0. The van der Waals surface area contributed by atoms with Crippen molar-refractivity contribution in [2.24, 2.45) is 0 Å². The van der Waals surface area contributed by atoms with Gasteiger partial charge in [-0.15, -0.1) is 21.5 Å². The molecule has 3 aromatic rings. The molecule has 1 amide bonds. The Morgan fingerprint density at radius 1 is 1.18 bits per heavy atom. The molecule has 110 valence electrons. The maximum Gasteiger partial charge on any atom is 0.276 e. The Bertz CT molecular complexity index is 794. The number of anilines is 1. The number of aromatic nitrogens is 3. The number of nitrogens with zero attached hydrogens (tertiary/aromatic N) is 3. The van der Waals surface area contributed by atoms with Crippen molar-refractivity contribution in [3.63, 3.8) is 0 Å². The fourth-order valence-electron chi connectivity index (χ4n) is 2.46. The van der Waals surface area contributed by atoms with Gasteiger partial charge in [0.15, 0.2) is 0 Å². The van der Waals surface area contributed by atoms with Crippen molar-refractivity contribution in [1.82, 2.24) is 15.2 Å². The summed E-state index contributed by atoms with van der Waals surface area (Å²) < 4.78 is 0. The van der Waals surface area contributed by atoms with E-state index < -0.39 is 0 Å². The number of thiazole rings is 1. The van der Waals surface area contributed by atoms with Crippen LogP contribution in [0.5, 0.6) is 0 Å². The lowest BCUT2D eigenvalue weighted by Gasteiger charge is -2.10. The van der Waals surface area contributed by atoms with Gasteiger partial charge in [-0.25, -0.2) is 4.98 Å². The van der Waals surface area contributed by atoms with Crippen LogP contribution in [-0.4, -0.2) is 21.1 Å². The van der Waals surface area contributed by atoms with Crippen LogP contribution >= 0.6 is 22.7 Å². The van der Waals surface area contributed by atoms with Gasteiger partial charge in [-0.1, -0.05) is 41.7 Å². The van der Waals surface area contributed by atoms with E-state index in [1.165, 1.54) is 28.2 Å². The second-order valence-corrected chi connectivity index (χ2v) is 6.88. The summed E-state index contributed by atoms with van der Waals surface area (Å²) in [5.74, 6) is -0.242. The molecule has 1 aliphatic rings. The first kappa shape index (κ1) is 13.5. The number of amides is 1. The summed E-state index contributed by atoms with van der Waals surface area (Å²) in [5, 5.41) is 14.4. The lowest BCUT2D eigenvalue weighted by molar-refractivity contribution is 0.102. The zero-order valence-corrected chi connectivity index (χ0v) is 13.2. The highest BCUT2D eigenvalue weighted by Crippen LogP contribution is 2.54. The lowest BCUT2D eigenvalue weighted by Crippen LogP contribution is -2.11. The molecule has 0 atom stereocenters. The van der Waals surface area contributed by atoms with Crippen molar-refractivity contribution in [2.75, 3.05) is 5.32 Å².